The zero-order valence-electron chi connectivity index (χ0n) is 11.6. The van der Waals surface area contributed by atoms with E-state index in [-0.39, 0.29) is 0 Å². The standard InChI is InChI=1S/C16H21NO3/c18-16(19)13-5-3-4-12(10-13)11-17-8-9-20-15-7-2-1-6-14(15)17/h3-5,10,14-15H,1-2,6-9,11H2,(H,18,19). The number of carbonyl (C=O) groups is 1. The predicted octanol–water partition coefficient (Wildman–Crippen LogP) is 2.53. The lowest BCUT2D eigenvalue weighted by Gasteiger charge is -2.43. The van der Waals surface area contributed by atoms with Crippen LogP contribution in [0.2, 0.25) is 0 Å². The Labute approximate surface area is 119 Å². The minimum atomic E-state index is -0.857. The maximum absolute atomic E-state index is 11.0. The van der Waals surface area contributed by atoms with Crippen molar-refractivity contribution in [1.29, 1.82) is 0 Å². The summed E-state index contributed by atoms with van der Waals surface area (Å²) in [6, 6.07) is 7.78. The normalized spacial score (nSPS) is 27.0. The van der Waals surface area contributed by atoms with E-state index in [1.165, 1.54) is 19.3 Å². The predicted molar refractivity (Wildman–Crippen MR) is 75.8 cm³/mol. The van der Waals surface area contributed by atoms with Crippen LogP contribution in [0.4, 0.5) is 0 Å². The van der Waals surface area contributed by atoms with E-state index in [1.807, 2.05) is 12.1 Å². The van der Waals surface area contributed by atoms with Gasteiger partial charge in [-0.25, -0.2) is 4.79 Å². The number of hydrogen-bond acceptors (Lipinski definition) is 3. The van der Waals surface area contributed by atoms with Crippen LogP contribution in [0.15, 0.2) is 24.3 Å². The minimum Gasteiger partial charge on any atom is -0.478 e. The van der Waals surface area contributed by atoms with Crippen molar-refractivity contribution in [2.24, 2.45) is 0 Å². The molecule has 0 radical (unpaired) electrons. The largest absolute Gasteiger partial charge is 0.478 e. The molecule has 20 heavy (non-hydrogen) atoms. The second-order valence-corrected chi connectivity index (χ2v) is 5.74. The van der Waals surface area contributed by atoms with Crippen molar-refractivity contribution in [1.82, 2.24) is 4.90 Å². The van der Waals surface area contributed by atoms with Crippen LogP contribution < -0.4 is 0 Å². The molecule has 1 saturated heterocycles. The molecule has 1 aliphatic heterocycles. The summed E-state index contributed by atoms with van der Waals surface area (Å²) in [4.78, 5) is 13.5. The number of nitrogens with zero attached hydrogens (tertiary/aromatic N) is 1. The fraction of sp³-hybridized carbons (Fsp3) is 0.562. The van der Waals surface area contributed by atoms with Crippen LogP contribution in [0.1, 0.15) is 41.6 Å². The lowest BCUT2D eigenvalue weighted by Crippen LogP contribution is -2.52. The smallest absolute Gasteiger partial charge is 0.335 e. The summed E-state index contributed by atoms with van der Waals surface area (Å²) in [7, 11) is 0. The molecule has 4 heteroatoms. The van der Waals surface area contributed by atoms with Gasteiger partial charge in [-0.3, -0.25) is 4.90 Å². The Morgan fingerprint density at radius 3 is 3.05 bits per heavy atom. The molecule has 1 aromatic carbocycles. The number of aromatic carboxylic acids is 1. The zero-order chi connectivity index (χ0) is 13.9. The molecule has 2 unspecified atom stereocenters. The SMILES string of the molecule is O=C(O)c1cccc(CN2CCOC3CCCCC32)c1. The molecule has 1 aromatic rings. The van der Waals surface area contributed by atoms with Crippen molar-refractivity contribution in [3.8, 4) is 0 Å². The average molecular weight is 275 g/mol. The first-order chi connectivity index (χ1) is 9.74. The Bertz CT molecular complexity index is 486. The molecule has 1 saturated carbocycles. The monoisotopic (exact) mass is 275 g/mol. The molecule has 2 atom stereocenters. The highest BCUT2D eigenvalue weighted by Gasteiger charge is 2.33. The van der Waals surface area contributed by atoms with Gasteiger partial charge in [0.25, 0.3) is 0 Å². The summed E-state index contributed by atoms with van der Waals surface area (Å²) in [5, 5.41) is 9.07. The number of benzene rings is 1. The van der Waals surface area contributed by atoms with E-state index in [4.69, 9.17) is 9.84 Å². The summed E-state index contributed by atoms with van der Waals surface area (Å²) in [6.45, 7) is 2.56. The van der Waals surface area contributed by atoms with Gasteiger partial charge in [0.1, 0.15) is 0 Å². The highest BCUT2D eigenvalue weighted by atomic mass is 16.5. The van der Waals surface area contributed by atoms with Crippen LogP contribution in [-0.2, 0) is 11.3 Å². The first kappa shape index (κ1) is 13.6. The molecule has 2 fully saturated rings. The van der Waals surface area contributed by atoms with Crippen molar-refractivity contribution in [3.63, 3.8) is 0 Å². The van der Waals surface area contributed by atoms with Gasteiger partial charge < -0.3 is 9.84 Å². The molecule has 0 amide bonds. The van der Waals surface area contributed by atoms with Gasteiger partial charge in [0.05, 0.1) is 18.3 Å². The molecule has 1 aliphatic carbocycles. The van der Waals surface area contributed by atoms with E-state index < -0.39 is 5.97 Å². The van der Waals surface area contributed by atoms with Crippen molar-refractivity contribution in [3.05, 3.63) is 35.4 Å². The second kappa shape index (κ2) is 5.94. The maximum Gasteiger partial charge on any atom is 0.335 e. The van der Waals surface area contributed by atoms with Crippen LogP contribution in [0.3, 0.4) is 0 Å². The van der Waals surface area contributed by atoms with Gasteiger partial charge >= 0.3 is 5.97 Å². The number of hydrogen-bond donors (Lipinski definition) is 1. The van der Waals surface area contributed by atoms with Gasteiger partial charge in [-0.05, 0) is 30.5 Å². The Balaban J connectivity index is 1.72. The topological polar surface area (TPSA) is 49.8 Å². The third-order valence-electron chi connectivity index (χ3n) is 4.41. The fourth-order valence-corrected chi connectivity index (χ4v) is 3.41. The van der Waals surface area contributed by atoms with Crippen molar-refractivity contribution in [2.75, 3.05) is 13.2 Å². The first-order valence-corrected chi connectivity index (χ1v) is 7.42. The van der Waals surface area contributed by atoms with Crippen molar-refractivity contribution < 1.29 is 14.6 Å². The number of carboxylic acid groups (broad SMARTS) is 1. The van der Waals surface area contributed by atoms with Crippen LogP contribution in [0, 0.1) is 0 Å². The molecule has 108 valence electrons. The number of ether oxygens (including phenoxy) is 1. The molecular weight excluding hydrogens is 254 g/mol. The third kappa shape index (κ3) is 2.86. The third-order valence-corrected chi connectivity index (χ3v) is 4.41. The molecule has 2 aliphatic rings. The van der Waals surface area contributed by atoms with Crippen molar-refractivity contribution >= 4 is 5.97 Å². The van der Waals surface area contributed by atoms with E-state index in [2.05, 4.69) is 4.90 Å². The summed E-state index contributed by atoms with van der Waals surface area (Å²) in [6.07, 6.45) is 5.28. The summed E-state index contributed by atoms with van der Waals surface area (Å²) in [5.74, 6) is -0.857. The van der Waals surface area contributed by atoms with Gasteiger partial charge in [0, 0.05) is 19.1 Å². The molecule has 1 N–H and O–H groups in total. The quantitative estimate of drug-likeness (QED) is 0.921. The average Bonchev–Trinajstić information content (AvgIpc) is 2.48. The summed E-state index contributed by atoms with van der Waals surface area (Å²) in [5.41, 5.74) is 1.45. The Morgan fingerprint density at radius 2 is 2.20 bits per heavy atom. The fourth-order valence-electron chi connectivity index (χ4n) is 3.41. The van der Waals surface area contributed by atoms with Crippen molar-refractivity contribution in [2.45, 2.75) is 44.4 Å². The molecule has 3 rings (SSSR count). The Hall–Kier alpha value is -1.39. The van der Waals surface area contributed by atoms with Gasteiger partial charge in [0.15, 0.2) is 0 Å². The molecule has 1 heterocycles. The Morgan fingerprint density at radius 1 is 1.35 bits per heavy atom. The van der Waals surface area contributed by atoms with Gasteiger partial charge in [-0.2, -0.15) is 0 Å². The number of carboxylic acids is 1. The molecular formula is C16H21NO3. The molecule has 0 aromatic heterocycles. The lowest BCUT2D eigenvalue weighted by atomic mass is 9.90. The van der Waals surface area contributed by atoms with E-state index in [9.17, 15) is 4.79 Å². The van der Waals surface area contributed by atoms with Crippen LogP contribution in [-0.4, -0.2) is 41.3 Å². The zero-order valence-corrected chi connectivity index (χ0v) is 11.6. The molecule has 4 nitrogen and oxygen atoms in total. The van der Waals surface area contributed by atoms with Crippen LogP contribution in [0.25, 0.3) is 0 Å². The van der Waals surface area contributed by atoms with E-state index in [0.29, 0.717) is 17.7 Å². The number of fused-ring (bicyclic) bond motifs is 1. The number of rotatable bonds is 3. The Kier molecular flexibility index (Phi) is 4.03. The van der Waals surface area contributed by atoms with E-state index in [1.54, 1.807) is 12.1 Å². The second-order valence-electron chi connectivity index (χ2n) is 5.74. The van der Waals surface area contributed by atoms with Gasteiger partial charge in [-0.15, -0.1) is 0 Å². The molecule has 0 spiro atoms. The molecule has 0 bridgehead atoms. The van der Waals surface area contributed by atoms with Gasteiger partial charge in [-0.1, -0.05) is 25.0 Å². The van der Waals surface area contributed by atoms with Crippen LogP contribution >= 0.6 is 0 Å². The number of morpholine rings is 1. The highest BCUT2D eigenvalue weighted by Crippen LogP contribution is 2.29. The van der Waals surface area contributed by atoms with Gasteiger partial charge in [0.2, 0.25) is 0 Å². The van der Waals surface area contributed by atoms with E-state index >= 15 is 0 Å². The summed E-state index contributed by atoms with van der Waals surface area (Å²) < 4.78 is 5.88. The minimum absolute atomic E-state index is 0.371. The highest BCUT2D eigenvalue weighted by molar-refractivity contribution is 5.87. The van der Waals surface area contributed by atoms with Crippen LogP contribution in [0.5, 0.6) is 0 Å². The summed E-state index contributed by atoms with van der Waals surface area (Å²) >= 11 is 0. The maximum atomic E-state index is 11.0. The lowest BCUT2D eigenvalue weighted by molar-refractivity contribution is -0.0911. The van der Waals surface area contributed by atoms with E-state index in [0.717, 1.165) is 31.7 Å². The first-order valence-electron chi connectivity index (χ1n) is 7.42.